The second-order valence-electron chi connectivity index (χ2n) is 8.28. The van der Waals surface area contributed by atoms with Crippen LogP contribution in [0.4, 0.5) is 15.4 Å². The van der Waals surface area contributed by atoms with Gasteiger partial charge in [0, 0.05) is 57.2 Å². The predicted octanol–water partition coefficient (Wildman–Crippen LogP) is 2.01. The lowest BCUT2D eigenvalue weighted by atomic mass is 9.95. The molecule has 32 heavy (non-hydrogen) atoms. The van der Waals surface area contributed by atoms with Crippen LogP contribution in [0.5, 0.6) is 5.88 Å². The van der Waals surface area contributed by atoms with Gasteiger partial charge in [0.1, 0.15) is 18.5 Å². The number of likely N-dealkylation sites (tertiary alicyclic amines) is 1. The lowest BCUT2D eigenvalue weighted by Gasteiger charge is -2.40. The van der Waals surface area contributed by atoms with Crippen molar-refractivity contribution < 1.29 is 19.4 Å². The largest absolute Gasteiger partial charge is 0.481 e. The SMILES string of the molecule is COc1cc(N2CCC(N(CC3CCCN(C(=O)n4ccnc4)C3)C(=O)O)CC2)ncn1. The summed E-state index contributed by atoms with van der Waals surface area (Å²) in [5, 5.41) is 9.91. The molecule has 0 bridgehead atoms. The van der Waals surface area contributed by atoms with Crippen LogP contribution in [-0.2, 0) is 0 Å². The highest BCUT2D eigenvalue weighted by molar-refractivity contribution is 5.76. The highest BCUT2D eigenvalue weighted by atomic mass is 16.5. The fraction of sp³-hybridized carbons (Fsp3) is 0.571. The molecule has 1 N–H and O–H groups in total. The van der Waals surface area contributed by atoms with E-state index in [1.54, 1.807) is 35.4 Å². The molecule has 4 rings (SSSR count). The Balaban J connectivity index is 1.35. The first-order valence-corrected chi connectivity index (χ1v) is 10.9. The molecular weight excluding hydrogens is 414 g/mol. The summed E-state index contributed by atoms with van der Waals surface area (Å²) in [7, 11) is 1.57. The van der Waals surface area contributed by atoms with Crippen molar-refractivity contribution in [1.82, 2.24) is 29.3 Å². The predicted molar refractivity (Wildman–Crippen MR) is 116 cm³/mol. The number of amides is 2. The smallest absolute Gasteiger partial charge is 0.407 e. The van der Waals surface area contributed by atoms with Crippen molar-refractivity contribution in [3.8, 4) is 5.88 Å². The second-order valence-corrected chi connectivity index (χ2v) is 8.28. The quantitative estimate of drug-likeness (QED) is 0.746. The molecule has 0 spiro atoms. The average molecular weight is 444 g/mol. The van der Waals surface area contributed by atoms with Gasteiger partial charge in [0.25, 0.3) is 0 Å². The number of carbonyl (C=O) groups is 2. The summed E-state index contributed by atoms with van der Waals surface area (Å²) in [4.78, 5) is 42.5. The minimum absolute atomic E-state index is 0.0489. The number of aromatic nitrogens is 4. The maximum Gasteiger partial charge on any atom is 0.407 e. The first-order valence-electron chi connectivity index (χ1n) is 10.9. The normalized spacial score (nSPS) is 19.6. The molecule has 2 aliphatic heterocycles. The zero-order valence-electron chi connectivity index (χ0n) is 18.2. The Labute approximate surface area is 186 Å². The molecule has 172 valence electrons. The van der Waals surface area contributed by atoms with Crippen molar-refractivity contribution >= 4 is 17.9 Å². The number of imidazole rings is 1. The Morgan fingerprint density at radius 1 is 1.22 bits per heavy atom. The maximum absolute atomic E-state index is 12.6. The van der Waals surface area contributed by atoms with Crippen molar-refractivity contribution in [2.75, 3.05) is 44.7 Å². The molecule has 2 aromatic heterocycles. The number of rotatable bonds is 5. The van der Waals surface area contributed by atoms with E-state index in [0.717, 1.165) is 31.5 Å². The molecule has 2 saturated heterocycles. The number of anilines is 1. The van der Waals surface area contributed by atoms with Gasteiger partial charge in [-0.1, -0.05) is 0 Å². The molecule has 1 atom stereocenters. The number of carboxylic acid groups (broad SMARTS) is 1. The first-order chi connectivity index (χ1) is 15.5. The van der Waals surface area contributed by atoms with Gasteiger partial charge in [0.05, 0.1) is 7.11 Å². The molecule has 4 heterocycles. The van der Waals surface area contributed by atoms with Crippen LogP contribution in [0.15, 0.2) is 31.1 Å². The number of hydrogen-bond acceptors (Lipinski definition) is 7. The fourth-order valence-corrected chi connectivity index (χ4v) is 4.61. The first kappa shape index (κ1) is 21.8. The molecule has 11 nitrogen and oxygen atoms in total. The highest BCUT2D eigenvalue weighted by Crippen LogP contribution is 2.25. The lowest BCUT2D eigenvalue weighted by Crippen LogP contribution is -2.51. The maximum atomic E-state index is 12.6. The Bertz CT molecular complexity index is 915. The van der Waals surface area contributed by atoms with Gasteiger partial charge in [-0.25, -0.2) is 24.5 Å². The molecule has 0 aromatic carbocycles. The van der Waals surface area contributed by atoms with E-state index in [1.807, 2.05) is 0 Å². The van der Waals surface area contributed by atoms with Gasteiger partial charge in [0.2, 0.25) is 5.88 Å². The topological polar surface area (TPSA) is 117 Å². The molecule has 2 amide bonds. The minimum Gasteiger partial charge on any atom is -0.481 e. The summed E-state index contributed by atoms with van der Waals surface area (Å²) in [6.07, 6.45) is 8.52. The summed E-state index contributed by atoms with van der Waals surface area (Å²) in [6.45, 7) is 3.10. The molecule has 2 fully saturated rings. The zero-order valence-corrected chi connectivity index (χ0v) is 18.2. The lowest BCUT2D eigenvalue weighted by molar-refractivity contribution is 0.0900. The van der Waals surface area contributed by atoms with Gasteiger partial charge in [-0.2, -0.15) is 0 Å². The van der Waals surface area contributed by atoms with Crippen LogP contribution in [0.2, 0.25) is 0 Å². The van der Waals surface area contributed by atoms with Gasteiger partial charge in [-0.05, 0) is 31.6 Å². The van der Waals surface area contributed by atoms with Gasteiger partial charge in [-0.15, -0.1) is 0 Å². The highest BCUT2D eigenvalue weighted by Gasteiger charge is 2.32. The molecule has 0 aliphatic carbocycles. The second kappa shape index (κ2) is 9.84. The van der Waals surface area contributed by atoms with E-state index in [0.29, 0.717) is 38.6 Å². The summed E-state index contributed by atoms with van der Waals surface area (Å²) in [5.41, 5.74) is 0. The number of methoxy groups -OCH3 is 1. The number of nitrogens with zero attached hydrogens (tertiary/aromatic N) is 7. The van der Waals surface area contributed by atoms with E-state index in [9.17, 15) is 14.7 Å². The summed E-state index contributed by atoms with van der Waals surface area (Å²) >= 11 is 0. The van der Waals surface area contributed by atoms with Gasteiger partial charge in [0.15, 0.2) is 0 Å². The van der Waals surface area contributed by atoms with Crippen LogP contribution < -0.4 is 9.64 Å². The third-order valence-corrected chi connectivity index (χ3v) is 6.28. The minimum atomic E-state index is -0.898. The number of ether oxygens (including phenoxy) is 1. The number of carbonyl (C=O) groups excluding carboxylic acids is 1. The number of hydrogen-bond donors (Lipinski definition) is 1. The number of piperidine rings is 2. The Morgan fingerprint density at radius 2 is 2.03 bits per heavy atom. The molecule has 2 aliphatic rings. The average Bonchev–Trinajstić information content (AvgIpc) is 3.37. The summed E-state index contributed by atoms with van der Waals surface area (Å²) in [6, 6.07) is 1.64. The standard InChI is InChI=1S/C21H29N7O4/c1-32-19-11-18(23-14-24-19)25-8-4-17(5-9-25)28(21(30)31)13-16-3-2-7-26(12-16)20(29)27-10-6-22-15-27/h6,10-11,14-17H,2-5,7-9,12-13H2,1H3,(H,30,31). The molecular formula is C21H29N7O4. The molecule has 0 saturated carbocycles. The van der Waals surface area contributed by atoms with E-state index in [4.69, 9.17) is 4.74 Å². The fourth-order valence-electron chi connectivity index (χ4n) is 4.61. The van der Waals surface area contributed by atoms with Crippen LogP contribution in [0.25, 0.3) is 0 Å². The van der Waals surface area contributed by atoms with Crippen molar-refractivity contribution in [3.05, 3.63) is 31.1 Å². The van der Waals surface area contributed by atoms with Crippen LogP contribution in [-0.4, -0.2) is 92.4 Å². The van der Waals surface area contributed by atoms with E-state index in [1.165, 1.54) is 17.2 Å². The summed E-state index contributed by atoms with van der Waals surface area (Å²) < 4.78 is 6.64. The third kappa shape index (κ3) is 4.92. The van der Waals surface area contributed by atoms with Gasteiger partial charge >= 0.3 is 12.1 Å². The van der Waals surface area contributed by atoms with Crippen LogP contribution in [0, 0.1) is 5.92 Å². The van der Waals surface area contributed by atoms with Crippen molar-refractivity contribution in [2.45, 2.75) is 31.7 Å². The Morgan fingerprint density at radius 3 is 2.72 bits per heavy atom. The molecule has 2 aromatic rings. The van der Waals surface area contributed by atoms with Crippen LogP contribution in [0.1, 0.15) is 25.7 Å². The Kier molecular flexibility index (Phi) is 6.72. The van der Waals surface area contributed by atoms with Crippen molar-refractivity contribution in [3.63, 3.8) is 0 Å². The third-order valence-electron chi connectivity index (χ3n) is 6.28. The molecule has 1 unspecified atom stereocenters. The molecule has 0 radical (unpaired) electrons. The van der Waals surface area contributed by atoms with Crippen LogP contribution in [0.3, 0.4) is 0 Å². The van der Waals surface area contributed by atoms with E-state index >= 15 is 0 Å². The zero-order chi connectivity index (χ0) is 22.5. The van der Waals surface area contributed by atoms with Gasteiger partial charge in [-0.3, -0.25) is 4.57 Å². The van der Waals surface area contributed by atoms with Crippen molar-refractivity contribution in [1.29, 1.82) is 0 Å². The monoisotopic (exact) mass is 443 g/mol. The van der Waals surface area contributed by atoms with Gasteiger partial charge < -0.3 is 24.5 Å². The van der Waals surface area contributed by atoms with E-state index in [-0.39, 0.29) is 18.0 Å². The van der Waals surface area contributed by atoms with E-state index < -0.39 is 6.09 Å². The van der Waals surface area contributed by atoms with Crippen molar-refractivity contribution in [2.24, 2.45) is 5.92 Å². The molecule has 11 heteroatoms. The Hall–Kier alpha value is -3.37. The summed E-state index contributed by atoms with van der Waals surface area (Å²) in [5.74, 6) is 1.42. The van der Waals surface area contributed by atoms with Crippen LogP contribution >= 0.6 is 0 Å². The van der Waals surface area contributed by atoms with E-state index in [2.05, 4.69) is 19.9 Å².